The number of hydrogen-bond donors (Lipinski definition) is 3. The molecule has 0 aliphatic heterocycles. The fraction of sp³-hybridized carbons (Fsp3) is 0.160. The summed E-state index contributed by atoms with van der Waals surface area (Å²) in [6, 6.07) is 15.8. The number of nitrogen functional groups attached to an aromatic ring is 1. The molecule has 170 valence electrons. The minimum atomic E-state index is 0.439. The SMILES string of the molecule is CSc1nc(Nc2ccc3nc(C)cc(C)c3c2)nc(Nc2ccc3nc(C)cc(N)c3c2)n1. The van der Waals surface area contributed by atoms with Gasteiger partial charge in [0.1, 0.15) is 0 Å². The topological polar surface area (TPSA) is 115 Å². The van der Waals surface area contributed by atoms with E-state index in [1.807, 2.05) is 56.5 Å². The Morgan fingerprint density at radius 3 is 1.85 bits per heavy atom. The van der Waals surface area contributed by atoms with E-state index in [2.05, 4.69) is 54.6 Å². The first-order valence-electron chi connectivity index (χ1n) is 10.8. The van der Waals surface area contributed by atoms with Crippen LogP contribution in [-0.2, 0) is 0 Å². The molecule has 5 rings (SSSR count). The van der Waals surface area contributed by atoms with Gasteiger partial charge in [-0.05, 0) is 81.1 Å². The van der Waals surface area contributed by atoms with Crippen molar-refractivity contribution in [3.8, 4) is 0 Å². The number of anilines is 5. The minimum Gasteiger partial charge on any atom is -0.398 e. The maximum Gasteiger partial charge on any atom is 0.233 e. The fourth-order valence-corrected chi connectivity index (χ4v) is 4.28. The number of benzene rings is 2. The van der Waals surface area contributed by atoms with Gasteiger partial charge in [0.05, 0.1) is 11.0 Å². The highest BCUT2D eigenvalue weighted by Gasteiger charge is 2.10. The zero-order valence-electron chi connectivity index (χ0n) is 19.3. The fourth-order valence-electron chi connectivity index (χ4n) is 3.93. The van der Waals surface area contributed by atoms with Crippen LogP contribution in [-0.4, -0.2) is 31.2 Å². The van der Waals surface area contributed by atoms with E-state index in [1.165, 1.54) is 17.3 Å². The van der Waals surface area contributed by atoms with Gasteiger partial charge in [-0.1, -0.05) is 11.8 Å². The molecule has 0 spiro atoms. The molecule has 0 aliphatic carbocycles. The lowest BCUT2D eigenvalue weighted by Crippen LogP contribution is -2.05. The van der Waals surface area contributed by atoms with Crippen LogP contribution in [0, 0.1) is 20.8 Å². The number of nitrogens with two attached hydrogens (primary N) is 1. The van der Waals surface area contributed by atoms with Crippen molar-refractivity contribution >= 4 is 62.5 Å². The van der Waals surface area contributed by atoms with Crippen molar-refractivity contribution in [1.29, 1.82) is 0 Å². The number of hydrogen-bond acceptors (Lipinski definition) is 9. The van der Waals surface area contributed by atoms with E-state index in [1.54, 1.807) is 0 Å². The second kappa shape index (κ2) is 8.75. The number of pyridine rings is 2. The van der Waals surface area contributed by atoms with E-state index in [-0.39, 0.29) is 0 Å². The maximum atomic E-state index is 6.21. The number of fused-ring (bicyclic) bond motifs is 2. The molecule has 0 unspecified atom stereocenters. The maximum absolute atomic E-state index is 6.21. The van der Waals surface area contributed by atoms with Crippen molar-refractivity contribution in [3.63, 3.8) is 0 Å². The van der Waals surface area contributed by atoms with Gasteiger partial charge in [-0.15, -0.1) is 0 Å². The van der Waals surface area contributed by atoms with Gasteiger partial charge in [0, 0.05) is 39.2 Å². The molecule has 0 fully saturated rings. The van der Waals surface area contributed by atoms with Gasteiger partial charge in [-0.25, -0.2) is 0 Å². The number of aryl methyl sites for hydroxylation is 3. The standard InChI is InChI=1S/C25H24N8S/c1-13-9-14(2)27-21-7-5-16(11-18(13)21)29-23-31-24(33-25(32-23)34-4)30-17-6-8-22-19(12-17)20(26)10-15(3)28-22/h5-12H,1-4H3,(H2,26,28)(H2,29,30,31,32,33). The highest BCUT2D eigenvalue weighted by molar-refractivity contribution is 7.98. The lowest BCUT2D eigenvalue weighted by atomic mass is 10.1. The molecule has 5 aromatic rings. The lowest BCUT2D eigenvalue weighted by molar-refractivity contribution is 0.923. The second-order valence-corrected chi connectivity index (χ2v) is 8.89. The first-order valence-corrected chi connectivity index (χ1v) is 12.0. The summed E-state index contributed by atoms with van der Waals surface area (Å²) < 4.78 is 0. The third kappa shape index (κ3) is 4.42. The van der Waals surface area contributed by atoms with Gasteiger partial charge in [0.15, 0.2) is 5.16 Å². The average molecular weight is 469 g/mol. The van der Waals surface area contributed by atoms with Crippen LogP contribution in [0.4, 0.5) is 29.0 Å². The van der Waals surface area contributed by atoms with Gasteiger partial charge in [0.2, 0.25) is 11.9 Å². The summed E-state index contributed by atoms with van der Waals surface area (Å²) in [5, 5.41) is 9.16. The molecule has 34 heavy (non-hydrogen) atoms. The monoisotopic (exact) mass is 468 g/mol. The molecule has 0 radical (unpaired) electrons. The van der Waals surface area contributed by atoms with Crippen molar-refractivity contribution in [2.24, 2.45) is 0 Å². The number of nitrogens with zero attached hydrogens (tertiary/aromatic N) is 5. The van der Waals surface area contributed by atoms with E-state index in [9.17, 15) is 0 Å². The third-order valence-corrected chi connectivity index (χ3v) is 5.97. The van der Waals surface area contributed by atoms with Crippen LogP contribution in [0.2, 0.25) is 0 Å². The van der Waals surface area contributed by atoms with Gasteiger partial charge in [0.25, 0.3) is 0 Å². The molecule has 0 atom stereocenters. The van der Waals surface area contributed by atoms with E-state index >= 15 is 0 Å². The van der Waals surface area contributed by atoms with Crippen molar-refractivity contribution in [1.82, 2.24) is 24.9 Å². The van der Waals surface area contributed by atoms with Crippen molar-refractivity contribution in [2.45, 2.75) is 25.9 Å². The van der Waals surface area contributed by atoms with Gasteiger partial charge in [-0.3, -0.25) is 9.97 Å². The predicted molar refractivity (Wildman–Crippen MR) is 140 cm³/mol. The predicted octanol–water partition coefficient (Wildman–Crippen LogP) is 5.68. The Balaban J connectivity index is 1.46. The Morgan fingerprint density at radius 1 is 0.676 bits per heavy atom. The zero-order valence-corrected chi connectivity index (χ0v) is 20.2. The van der Waals surface area contributed by atoms with Crippen LogP contribution in [0.25, 0.3) is 21.8 Å². The Bertz CT molecular complexity index is 1440. The highest BCUT2D eigenvalue weighted by atomic mass is 32.2. The average Bonchev–Trinajstić information content (AvgIpc) is 2.79. The van der Waals surface area contributed by atoms with Gasteiger partial charge >= 0.3 is 0 Å². The second-order valence-electron chi connectivity index (χ2n) is 8.12. The Morgan fingerprint density at radius 2 is 1.24 bits per heavy atom. The van der Waals surface area contributed by atoms with E-state index in [4.69, 9.17) is 5.73 Å². The molecule has 0 saturated carbocycles. The summed E-state index contributed by atoms with van der Waals surface area (Å²) in [6.07, 6.45) is 1.93. The Labute approximate surface area is 201 Å². The number of thioether (sulfide) groups is 1. The third-order valence-electron chi connectivity index (χ3n) is 5.42. The molecule has 8 nitrogen and oxygen atoms in total. The zero-order chi connectivity index (χ0) is 23.8. The molecular weight excluding hydrogens is 444 g/mol. The number of nitrogens with one attached hydrogen (secondary N) is 2. The van der Waals surface area contributed by atoms with Crippen LogP contribution in [0.1, 0.15) is 17.0 Å². The molecule has 0 amide bonds. The molecular formula is C25H24N8S. The molecule has 2 aromatic carbocycles. The molecule has 4 N–H and O–H groups in total. The van der Waals surface area contributed by atoms with Crippen LogP contribution < -0.4 is 16.4 Å². The van der Waals surface area contributed by atoms with E-state index < -0.39 is 0 Å². The summed E-state index contributed by atoms with van der Waals surface area (Å²) in [5.41, 5.74) is 13.5. The summed E-state index contributed by atoms with van der Waals surface area (Å²) in [4.78, 5) is 22.8. The number of aromatic nitrogens is 5. The van der Waals surface area contributed by atoms with Crippen LogP contribution in [0.5, 0.6) is 0 Å². The quantitative estimate of drug-likeness (QED) is 0.280. The normalized spacial score (nSPS) is 11.2. The smallest absolute Gasteiger partial charge is 0.233 e. The summed E-state index contributed by atoms with van der Waals surface area (Å²) in [5.74, 6) is 0.894. The molecule has 3 heterocycles. The molecule has 0 bridgehead atoms. The van der Waals surface area contributed by atoms with Crippen LogP contribution in [0.15, 0.2) is 53.7 Å². The van der Waals surface area contributed by atoms with Gasteiger partial charge in [-0.2, -0.15) is 15.0 Å². The van der Waals surface area contributed by atoms with Crippen LogP contribution >= 0.6 is 11.8 Å². The molecule has 0 saturated heterocycles. The minimum absolute atomic E-state index is 0.439. The molecule has 9 heteroatoms. The lowest BCUT2D eigenvalue weighted by Gasteiger charge is -2.12. The van der Waals surface area contributed by atoms with Crippen molar-refractivity contribution in [2.75, 3.05) is 22.6 Å². The largest absolute Gasteiger partial charge is 0.398 e. The summed E-state index contributed by atoms with van der Waals surface area (Å²) >= 11 is 1.45. The van der Waals surface area contributed by atoms with E-state index in [0.29, 0.717) is 22.7 Å². The van der Waals surface area contributed by atoms with Crippen molar-refractivity contribution < 1.29 is 0 Å². The first kappa shape index (κ1) is 21.8. The Hall–Kier alpha value is -3.98. The highest BCUT2D eigenvalue weighted by Crippen LogP contribution is 2.27. The van der Waals surface area contributed by atoms with E-state index in [0.717, 1.165) is 44.6 Å². The Kier molecular flexibility index (Phi) is 5.62. The number of rotatable bonds is 5. The molecule has 3 aromatic heterocycles. The van der Waals surface area contributed by atoms with Gasteiger partial charge < -0.3 is 16.4 Å². The van der Waals surface area contributed by atoms with Crippen LogP contribution in [0.3, 0.4) is 0 Å². The summed E-state index contributed by atoms with van der Waals surface area (Å²) in [7, 11) is 0. The van der Waals surface area contributed by atoms with Crippen molar-refractivity contribution in [3.05, 3.63) is 65.5 Å². The molecule has 0 aliphatic rings. The summed E-state index contributed by atoms with van der Waals surface area (Å²) in [6.45, 7) is 6.02. The first-order chi connectivity index (χ1) is 16.4.